The van der Waals surface area contributed by atoms with Crippen LogP contribution in [0.5, 0.6) is 0 Å². The molecule has 1 aromatic carbocycles. The maximum atomic E-state index is 12.6. The topological polar surface area (TPSA) is 92.5 Å². The van der Waals surface area contributed by atoms with Crippen LogP contribution in [0.4, 0.5) is 5.69 Å². The van der Waals surface area contributed by atoms with Crippen LogP contribution in [0.25, 0.3) is 0 Å². The molecule has 0 aliphatic carbocycles. The highest BCUT2D eigenvalue weighted by Gasteiger charge is 2.28. The van der Waals surface area contributed by atoms with E-state index in [1.54, 1.807) is 13.8 Å². The zero-order chi connectivity index (χ0) is 18.0. The lowest BCUT2D eigenvalue weighted by Gasteiger charge is -2.19. The van der Waals surface area contributed by atoms with Crippen LogP contribution < -0.4 is 9.62 Å². The number of fused-ring (bicyclic) bond motifs is 1. The number of anilines is 1. The minimum Gasteiger partial charge on any atom is -0.361 e. The second kappa shape index (κ2) is 6.87. The van der Waals surface area contributed by atoms with E-state index in [0.717, 1.165) is 16.8 Å². The first-order valence-electron chi connectivity index (χ1n) is 8.15. The van der Waals surface area contributed by atoms with Gasteiger partial charge in [0, 0.05) is 18.7 Å². The Morgan fingerprint density at radius 2 is 2.08 bits per heavy atom. The Balaban J connectivity index is 1.56. The summed E-state index contributed by atoms with van der Waals surface area (Å²) in [5, 5.41) is 6.47. The van der Waals surface area contributed by atoms with E-state index in [1.807, 2.05) is 24.3 Å². The van der Waals surface area contributed by atoms with Crippen molar-refractivity contribution in [2.75, 3.05) is 23.1 Å². The number of nitrogens with zero attached hydrogens (tertiary/aromatic N) is 2. The van der Waals surface area contributed by atoms with Gasteiger partial charge in [0.2, 0.25) is 15.9 Å². The molecule has 1 aliphatic rings. The fourth-order valence-corrected chi connectivity index (χ4v) is 4.43. The van der Waals surface area contributed by atoms with Gasteiger partial charge >= 0.3 is 0 Å². The molecular formula is C17H21N3O4S. The van der Waals surface area contributed by atoms with Gasteiger partial charge in [-0.25, -0.2) is 8.42 Å². The van der Waals surface area contributed by atoms with Crippen LogP contribution in [0.15, 0.2) is 28.8 Å². The number of carbonyl (C=O) groups excluding carboxylic acids is 1. The maximum Gasteiger partial charge on any atom is 0.236 e. The monoisotopic (exact) mass is 363 g/mol. The molecule has 0 radical (unpaired) electrons. The van der Waals surface area contributed by atoms with E-state index in [1.165, 1.54) is 4.31 Å². The SMILES string of the molecule is Cc1noc(C)c1CC(=O)NCCS(=O)(=O)N1CCc2ccccc21. The van der Waals surface area contributed by atoms with Crippen LogP contribution in [0.2, 0.25) is 0 Å². The van der Waals surface area contributed by atoms with Crippen molar-refractivity contribution in [3.63, 3.8) is 0 Å². The molecular weight excluding hydrogens is 342 g/mol. The molecule has 1 aliphatic heterocycles. The highest BCUT2D eigenvalue weighted by atomic mass is 32.2. The van der Waals surface area contributed by atoms with E-state index in [9.17, 15) is 13.2 Å². The van der Waals surface area contributed by atoms with Crippen LogP contribution in [0.3, 0.4) is 0 Å². The molecule has 2 aromatic rings. The number of amides is 1. The first-order chi connectivity index (χ1) is 11.9. The van der Waals surface area contributed by atoms with Gasteiger partial charge in [-0.05, 0) is 31.9 Å². The second-order valence-corrected chi connectivity index (χ2v) is 8.11. The summed E-state index contributed by atoms with van der Waals surface area (Å²) in [5.41, 5.74) is 3.20. The van der Waals surface area contributed by atoms with Crippen LogP contribution >= 0.6 is 0 Å². The van der Waals surface area contributed by atoms with Gasteiger partial charge in [0.05, 0.1) is 23.6 Å². The van der Waals surface area contributed by atoms with E-state index < -0.39 is 10.0 Å². The number of aryl methyl sites for hydroxylation is 2. The summed E-state index contributed by atoms with van der Waals surface area (Å²) >= 11 is 0. The lowest BCUT2D eigenvalue weighted by Crippen LogP contribution is -2.37. The van der Waals surface area contributed by atoms with Gasteiger partial charge in [-0.1, -0.05) is 23.4 Å². The Kier molecular flexibility index (Phi) is 4.80. The molecule has 2 heterocycles. The van der Waals surface area contributed by atoms with Crippen LogP contribution in [0, 0.1) is 13.8 Å². The Morgan fingerprint density at radius 1 is 1.32 bits per heavy atom. The zero-order valence-electron chi connectivity index (χ0n) is 14.3. The van der Waals surface area contributed by atoms with Gasteiger partial charge < -0.3 is 9.84 Å². The van der Waals surface area contributed by atoms with Gasteiger partial charge in [-0.2, -0.15) is 0 Å². The second-order valence-electron chi connectivity index (χ2n) is 6.10. The van der Waals surface area contributed by atoms with Gasteiger partial charge in [-0.15, -0.1) is 0 Å². The van der Waals surface area contributed by atoms with Crippen LogP contribution in [-0.4, -0.2) is 38.3 Å². The molecule has 8 heteroatoms. The summed E-state index contributed by atoms with van der Waals surface area (Å²) in [6.07, 6.45) is 0.849. The van der Waals surface area contributed by atoms with Crippen molar-refractivity contribution in [3.8, 4) is 0 Å². The number of hydrogen-bond acceptors (Lipinski definition) is 5. The number of hydrogen-bond donors (Lipinski definition) is 1. The van der Waals surface area contributed by atoms with Gasteiger partial charge in [0.15, 0.2) is 0 Å². The Labute approximate surface area is 147 Å². The molecule has 0 spiro atoms. The van der Waals surface area contributed by atoms with Crippen LogP contribution in [-0.2, 0) is 27.7 Å². The van der Waals surface area contributed by atoms with Crippen molar-refractivity contribution in [1.82, 2.24) is 10.5 Å². The molecule has 1 amide bonds. The number of para-hydroxylation sites is 1. The van der Waals surface area contributed by atoms with Crippen molar-refractivity contribution in [3.05, 3.63) is 46.8 Å². The Morgan fingerprint density at radius 3 is 2.80 bits per heavy atom. The Bertz CT molecular complexity index is 870. The summed E-state index contributed by atoms with van der Waals surface area (Å²) in [6.45, 7) is 4.05. The third-order valence-corrected chi connectivity index (χ3v) is 6.15. The summed E-state index contributed by atoms with van der Waals surface area (Å²) in [7, 11) is -3.46. The minimum atomic E-state index is -3.46. The van der Waals surface area contributed by atoms with Crippen LogP contribution in [0.1, 0.15) is 22.6 Å². The molecule has 0 fully saturated rings. The van der Waals surface area contributed by atoms with E-state index >= 15 is 0 Å². The highest BCUT2D eigenvalue weighted by Crippen LogP contribution is 2.29. The fourth-order valence-electron chi connectivity index (χ4n) is 3.00. The third-order valence-electron chi connectivity index (χ3n) is 4.38. The first-order valence-corrected chi connectivity index (χ1v) is 9.76. The quantitative estimate of drug-likeness (QED) is 0.836. The summed E-state index contributed by atoms with van der Waals surface area (Å²) < 4.78 is 31.6. The average molecular weight is 363 g/mol. The molecule has 0 bridgehead atoms. The zero-order valence-corrected chi connectivity index (χ0v) is 15.1. The maximum absolute atomic E-state index is 12.6. The van der Waals surface area contributed by atoms with Crippen molar-refractivity contribution >= 4 is 21.6 Å². The fraction of sp³-hybridized carbons (Fsp3) is 0.412. The molecule has 0 unspecified atom stereocenters. The molecule has 0 saturated carbocycles. The Hall–Kier alpha value is -2.35. The number of nitrogens with one attached hydrogen (secondary N) is 1. The van der Waals surface area contributed by atoms with Crippen molar-refractivity contribution in [1.29, 1.82) is 0 Å². The minimum absolute atomic E-state index is 0.0726. The smallest absolute Gasteiger partial charge is 0.236 e. The number of benzene rings is 1. The largest absolute Gasteiger partial charge is 0.361 e. The molecule has 1 aromatic heterocycles. The summed E-state index contributed by atoms with van der Waals surface area (Å²) in [4.78, 5) is 12.0. The normalized spacial score (nSPS) is 13.8. The standard InChI is InChI=1S/C17H21N3O4S/c1-12-15(13(2)24-19-12)11-17(21)18-8-10-25(22,23)20-9-7-14-5-3-4-6-16(14)20/h3-6H,7-11H2,1-2H3,(H,18,21). The van der Waals surface area contributed by atoms with E-state index in [0.29, 0.717) is 24.4 Å². The molecule has 134 valence electrons. The van der Waals surface area contributed by atoms with E-state index in [4.69, 9.17) is 4.52 Å². The molecule has 1 N–H and O–H groups in total. The molecule has 3 rings (SSSR count). The first kappa shape index (κ1) is 17.5. The number of rotatable bonds is 6. The lowest BCUT2D eigenvalue weighted by molar-refractivity contribution is -0.120. The summed E-state index contributed by atoms with van der Waals surface area (Å²) in [6, 6.07) is 7.49. The summed E-state index contributed by atoms with van der Waals surface area (Å²) in [5.74, 6) is 0.231. The molecule has 7 nitrogen and oxygen atoms in total. The molecule has 0 saturated heterocycles. The lowest BCUT2D eigenvalue weighted by atomic mass is 10.1. The number of aromatic nitrogens is 1. The van der Waals surface area contributed by atoms with Crippen molar-refractivity contribution in [2.45, 2.75) is 26.7 Å². The van der Waals surface area contributed by atoms with Crippen molar-refractivity contribution < 1.29 is 17.7 Å². The third kappa shape index (κ3) is 3.68. The molecule has 0 atom stereocenters. The number of carbonyl (C=O) groups is 1. The van der Waals surface area contributed by atoms with Crippen molar-refractivity contribution in [2.24, 2.45) is 0 Å². The molecule has 25 heavy (non-hydrogen) atoms. The van der Waals surface area contributed by atoms with Gasteiger partial charge in [0.25, 0.3) is 0 Å². The predicted molar refractivity (Wildman–Crippen MR) is 94.0 cm³/mol. The average Bonchev–Trinajstić information content (AvgIpc) is 3.14. The predicted octanol–water partition coefficient (Wildman–Crippen LogP) is 1.34. The number of sulfonamides is 1. The van der Waals surface area contributed by atoms with E-state index in [2.05, 4.69) is 10.5 Å². The van der Waals surface area contributed by atoms with Gasteiger partial charge in [0.1, 0.15) is 5.76 Å². The van der Waals surface area contributed by atoms with E-state index in [-0.39, 0.29) is 24.6 Å². The highest BCUT2D eigenvalue weighted by molar-refractivity contribution is 7.92. The van der Waals surface area contributed by atoms with Gasteiger partial charge in [-0.3, -0.25) is 9.10 Å².